The summed E-state index contributed by atoms with van der Waals surface area (Å²) >= 11 is 0. The molecular weight excluding hydrogens is 256 g/mol. The summed E-state index contributed by atoms with van der Waals surface area (Å²) < 4.78 is 5.28. The predicted octanol–water partition coefficient (Wildman–Crippen LogP) is 0.793. The maximum atomic E-state index is 11.9. The molecule has 0 bridgehead atoms. The highest BCUT2D eigenvalue weighted by molar-refractivity contribution is 6.03. The summed E-state index contributed by atoms with van der Waals surface area (Å²) in [4.78, 5) is 33.7. The third kappa shape index (κ3) is 2.32. The van der Waals surface area contributed by atoms with Crippen molar-refractivity contribution < 1.29 is 24.4 Å². The van der Waals surface area contributed by atoms with Crippen molar-refractivity contribution in [1.82, 2.24) is 0 Å². The van der Waals surface area contributed by atoms with E-state index in [1.165, 1.54) is 19.1 Å². The SMILES string of the molecule is CC1Oc2ccc([N+](=O)[O-])cc2N(CC(=O)O)C1=O. The highest BCUT2D eigenvalue weighted by atomic mass is 16.6. The molecule has 1 atom stereocenters. The molecule has 100 valence electrons. The summed E-state index contributed by atoms with van der Waals surface area (Å²) in [7, 11) is 0. The number of nitro benzene ring substituents is 1. The second-order valence-electron chi connectivity index (χ2n) is 3.99. The van der Waals surface area contributed by atoms with Crippen LogP contribution in [0.4, 0.5) is 11.4 Å². The zero-order chi connectivity index (χ0) is 14.2. The van der Waals surface area contributed by atoms with Gasteiger partial charge in [-0.3, -0.25) is 24.6 Å². The maximum absolute atomic E-state index is 11.9. The molecule has 1 heterocycles. The van der Waals surface area contributed by atoms with E-state index in [0.29, 0.717) is 0 Å². The first kappa shape index (κ1) is 12.8. The lowest BCUT2D eigenvalue weighted by molar-refractivity contribution is -0.384. The average Bonchev–Trinajstić information content (AvgIpc) is 2.34. The predicted molar refractivity (Wildman–Crippen MR) is 63.2 cm³/mol. The Morgan fingerprint density at radius 2 is 2.26 bits per heavy atom. The van der Waals surface area contributed by atoms with Crippen molar-refractivity contribution in [3.8, 4) is 5.75 Å². The fourth-order valence-corrected chi connectivity index (χ4v) is 1.81. The zero-order valence-corrected chi connectivity index (χ0v) is 9.90. The van der Waals surface area contributed by atoms with Crippen molar-refractivity contribution in [2.45, 2.75) is 13.0 Å². The topological polar surface area (TPSA) is 110 Å². The fourth-order valence-electron chi connectivity index (χ4n) is 1.81. The number of benzene rings is 1. The highest BCUT2D eigenvalue weighted by Gasteiger charge is 2.33. The van der Waals surface area contributed by atoms with Crippen molar-refractivity contribution in [2.24, 2.45) is 0 Å². The molecule has 0 aromatic heterocycles. The number of fused-ring (bicyclic) bond motifs is 1. The van der Waals surface area contributed by atoms with Crippen LogP contribution in [0.1, 0.15) is 6.92 Å². The number of hydrogen-bond donors (Lipinski definition) is 1. The van der Waals surface area contributed by atoms with Gasteiger partial charge in [0.05, 0.1) is 10.6 Å². The molecule has 2 rings (SSSR count). The van der Waals surface area contributed by atoms with Crippen LogP contribution in [-0.2, 0) is 9.59 Å². The number of ether oxygens (including phenoxy) is 1. The Balaban J connectivity index is 2.50. The zero-order valence-electron chi connectivity index (χ0n) is 9.90. The number of hydrogen-bond acceptors (Lipinski definition) is 5. The first-order chi connectivity index (χ1) is 8.90. The molecule has 1 unspecified atom stereocenters. The van der Waals surface area contributed by atoms with Crippen LogP contribution in [0.25, 0.3) is 0 Å². The van der Waals surface area contributed by atoms with E-state index in [1.54, 1.807) is 0 Å². The monoisotopic (exact) mass is 266 g/mol. The van der Waals surface area contributed by atoms with Gasteiger partial charge in [0, 0.05) is 12.1 Å². The molecule has 8 heteroatoms. The van der Waals surface area contributed by atoms with Crippen molar-refractivity contribution in [3.63, 3.8) is 0 Å². The van der Waals surface area contributed by atoms with E-state index in [1.807, 2.05) is 0 Å². The Labute approximate surface area is 107 Å². The molecule has 1 aliphatic heterocycles. The summed E-state index contributed by atoms with van der Waals surface area (Å²) in [6, 6.07) is 3.72. The number of carbonyl (C=O) groups excluding carboxylic acids is 1. The van der Waals surface area contributed by atoms with Gasteiger partial charge in [0.25, 0.3) is 11.6 Å². The van der Waals surface area contributed by atoms with Gasteiger partial charge in [-0.15, -0.1) is 0 Å². The van der Waals surface area contributed by atoms with Crippen LogP contribution < -0.4 is 9.64 Å². The molecule has 1 N–H and O–H groups in total. The second-order valence-corrected chi connectivity index (χ2v) is 3.99. The van der Waals surface area contributed by atoms with E-state index < -0.39 is 29.4 Å². The third-order valence-electron chi connectivity index (χ3n) is 2.66. The van der Waals surface area contributed by atoms with Crippen LogP contribution in [0.2, 0.25) is 0 Å². The van der Waals surface area contributed by atoms with Crippen LogP contribution in [0.15, 0.2) is 18.2 Å². The molecule has 0 fully saturated rings. The van der Waals surface area contributed by atoms with E-state index >= 15 is 0 Å². The maximum Gasteiger partial charge on any atom is 0.323 e. The average molecular weight is 266 g/mol. The molecule has 1 aromatic carbocycles. The molecule has 0 saturated heterocycles. The molecule has 0 radical (unpaired) electrons. The van der Waals surface area contributed by atoms with Crippen LogP contribution >= 0.6 is 0 Å². The van der Waals surface area contributed by atoms with Crippen molar-refractivity contribution in [3.05, 3.63) is 28.3 Å². The minimum atomic E-state index is -1.21. The summed E-state index contributed by atoms with van der Waals surface area (Å²) in [6.07, 6.45) is -0.826. The number of aliphatic carboxylic acids is 1. The van der Waals surface area contributed by atoms with Crippen LogP contribution in [0.3, 0.4) is 0 Å². The quantitative estimate of drug-likeness (QED) is 0.639. The number of carbonyl (C=O) groups is 2. The van der Waals surface area contributed by atoms with E-state index in [9.17, 15) is 19.7 Å². The normalized spacial score (nSPS) is 17.6. The van der Waals surface area contributed by atoms with Crippen LogP contribution in [0, 0.1) is 10.1 Å². The van der Waals surface area contributed by atoms with Gasteiger partial charge < -0.3 is 9.84 Å². The lowest BCUT2D eigenvalue weighted by Crippen LogP contribution is -2.46. The van der Waals surface area contributed by atoms with E-state index in [4.69, 9.17) is 9.84 Å². The molecule has 1 aromatic rings. The van der Waals surface area contributed by atoms with E-state index in [0.717, 1.165) is 11.0 Å². The highest BCUT2D eigenvalue weighted by Crippen LogP contribution is 2.36. The number of rotatable bonds is 3. The number of non-ortho nitro benzene ring substituents is 1. The molecule has 0 saturated carbocycles. The number of carboxylic acid groups (broad SMARTS) is 1. The van der Waals surface area contributed by atoms with E-state index in [-0.39, 0.29) is 17.1 Å². The number of amides is 1. The molecule has 1 amide bonds. The van der Waals surface area contributed by atoms with Crippen molar-refractivity contribution >= 4 is 23.3 Å². The van der Waals surface area contributed by atoms with Gasteiger partial charge in [-0.25, -0.2) is 0 Å². The molecule has 0 spiro atoms. The smallest absolute Gasteiger partial charge is 0.323 e. The molecule has 19 heavy (non-hydrogen) atoms. The minimum absolute atomic E-state index is 0.0969. The largest absolute Gasteiger partial charge is 0.480 e. The Bertz CT molecular complexity index is 570. The Kier molecular flexibility index (Phi) is 3.07. The Morgan fingerprint density at radius 1 is 1.58 bits per heavy atom. The third-order valence-corrected chi connectivity index (χ3v) is 2.66. The van der Waals surface area contributed by atoms with Gasteiger partial charge in [0.15, 0.2) is 6.10 Å². The minimum Gasteiger partial charge on any atom is -0.480 e. The second kappa shape index (κ2) is 4.56. The first-order valence-electron chi connectivity index (χ1n) is 5.38. The standard InChI is InChI=1S/C11H10N2O6/c1-6-11(16)12(5-10(14)15)8-4-7(13(17)18)2-3-9(8)19-6/h2-4,6H,5H2,1H3,(H,14,15). The van der Waals surface area contributed by atoms with Gasteiger partial charge in [-0.2, -0.15) is 0 Å². The lowest BCUT2D eigenvalue weighted by atomic mass is 10.1. The van der Waals surface area contributed by atoms with Crippen molar-refractivity contribution in [2.75, 3.05) is 11.4 Å². The molecular formula is C11H10N2O6. The van der Waals surface area contributed by atoms with Gasteiger partial charge in [0.2, 0.25) is 0 Å². The number of nitrogens with zero attached hydrogens (tertiary/aromatic N) is 2. The summed E-state index contributed by atoms with van der Waals surface area (Å²) in [5, 5.41) is 19.5. The number of carboxylic acids is 1. The van der Waals surface area contributed by atoms with Gasteiger partial charge >= 0.3 is 5.97 Å². The van der Waals surface area contributed by atoms with Crippen LogP contribution in [-0.4, -0.2) is 34.6 Å². The van der Waals surface area contributed by atoms with Gasteiger partial charge in [-0.05, 0) is 13.0 Å². The summed E-state index contributed by atoms with van der Waals surface area (Å²) in [6.45, 7) is 0.919. The van der Waals surface area contributed by atoms with Crippen molar-refractivity contribution in [1.29, 1.82) is 0 Å². The number of anilines is 1. The molecule has 8 nitrogen and oxygen atoms in total. The summed E-state index contributed by atoms with van der Waals surface area (Å²) in [5.74, 6) is -1.51. The fraction of sp³-hybridized carbons (Fsp3) is 0.273. The number of nitro groups is 1. The lowest BCUT2D eigenvalue weighted by Gasteiger charge is -2.31. The van der Waals surface area contributed by atoms with Gasteiger partial charge in [0.1, 0.15) is 12.3 Å². The Morgan fingerprint density at radius 3 is 2.84 bits per heavy atom. The molecule has 1 aliphatic rings. The first-order valence-corrected chi connectivity index (χ1v) is 5.38. The summed E-state index contributed by atoms with van der Waals surface area (Å²) in [5.41, 5.74) is -0.139. The van der Waals surface area contributed by atoms with Crippen LogP contribution in [0.5, 0.6) is 5.75 Å². The molecule has 0 aliphatic carbocycles. The van der Waals surface area contributed by atoms with E-state index in [2.05, 4.69) is 0 Å². The Hall–Kier alpha value is -2.64. The van der Waals surface area contributed by atoms with Gasteiger partial charge in [-0.1, -0.05) is 0 Å².